The second kappa shape index (κ2) is 7.07. The van der Waals surface area contributed by atoms with Crippen LogP contribution in [0.5, 0.6) is 5.75 Å². The number of Topliss-reactive ketones (excluding diaryl/α,β-unsaturated/α-hetero) is 1. The van der Waals surface area contributed by atoms with E-state index in [9.17, 15) is 14.4 Å². The lowest BCUT2D eigenvalue weighted by Crippen LogP contribution is -2.33. The van der Waals surface area contributed by atoms with Gasteiger partial charge in [0.15, 0.2) is 5.78 Å². The molecule has 1 aliphatic carbocycles. The van der Waals surface area contributed by atoms with E-state index in [1.165, 1.54) is 10.8 Å². The van der Waals surface area contributed by atoms with Gasteiger partial charge in [-0.3, -0.25) is 19.1 Å². The number of methoxy groups -OCH3 is 1. The zero-order valence-electron chi connectivity index (χ0n) is 15.8. The number of benzene rings is 1. The Morgan fingerprint density at radius 2 is 1.93 bits per heavy atom. The zero-order valence-corrected chi connectivity index (χ0v) is 15.8. The van der Waals surface area contributed by atoms with Crippen LogP contribution in [0.3, 0.4) is 0 Å². The maximum absolute atomic E-state index is 12.8. The molecule has 4 rings (SSSR count). The van der Waals surface area contributed by atoms with Gasteiger partial charge >= 0.3 is 5.69 Å². The van der Waals surface area contributed by atoms with Crippen LogP contribution in [0.1, 0.15) is 47.2 Å². The first-order chi connectivity index (χ1) is 13.5. The first-order valence-corrected chi connectivity index (χ1v) is 9.35. The van der Waals surface area contributed by atoms with E-state index in [1.807, 2.05) is 31.2 Å². The minimum atomic E-state index is -0.486. The van der Waals surface area contributed by atoms with E-state index in [2.05, 4.69) is 9.97 Å². The molecule has 28 heavy (non-hydrogen) atoms. The van der Waals surface area contributed by atoms with Crippen molar-refractivity contribution in [3.8, 4) is 5.75 Å². The monoisotopic (exact) mass is 379 g/mol. The Kier molecular flexibility index (Phi) is 4.58. The molecule has 0 amide bonds. The fourth-order valence-electron chi connectivity index (χ4n) is 3.95. The van der Waals surface area contributed by atoms with Crippen molar-refractivity contribution in [3.63, 3.8) is 0 Å². The van der Waals surface area contributed by atoms with Crippen molar-refractivity contribution in [2.45, 2.75) is 38.6 Å². The number of hydrogen-bond acceptors (Lipinski definition) is 5. The van der Waals surface area contributed by atoms with E-state index < -0.39 is 11.2 Å². The standard InChI is InChI=1S/C21H21N3O4/c1-3-8-24-19-18(20(26)23-21(24)27)15-9-13(10-17(25)16(15)11-22-19)12-4-6-14(28-2)7-5-12/h4-7,11,13H,3,8-10H2,1-2H3,(H,23,26,27). The van der Waals surface area contributed by atoms with Gasteiger partial charge in [-0.1, -0.05) is 19.1 Å². The van der Waals surface area contributed by atoms with Crippen molar-refractivity contribution in [1.29, 1.82) is 0 Å². The fourth-order valence-corrected chi connectivity index (χ4v) is 3.95. The second-order valence-electron chi connectivity index (χ2n) is 7.06. The average Bonchev–Trinajstić information content (AvgIpc) is 2.70. The summed E-state index contributed by atoms with van der Waals surface area (Å²) in [6, 6.07) is 7.63. The lowest BCUT2D eigenvalue weighted by Gasteiger charge is -2.25. The molecule has 1 unspecified atom stereocenters. The third-order valence-corrected chi connectivity index (χ3v) is 5.33. The molecular weight excluding hydrogens is 358 g/mol. The summed E-state index contributed by atoms with van der Waals surface area (Å²) in [5.41, 5.74) is 1.55. The van der Waals surface area contributed by atoms with Crippen molar-refractivity contribution in [2.75, 3.05) is 7.11 Å². The Hall–Kier alpha value is -3.22. The molecule has 1 atom stereocenters. The van der Waals surface area contributed by atoms with Crippen LogP contribution in [0.25, 0.3) is 11.0 Å². The van der Waals surface area contributed by atoms with Gasteiger partial charge < -0.3 is 4.74 Å². The van der Waals surface area contributed by atoms with Gasteiger partial charge in [0.25, 0.3) is 5.56 Å². The SMILES string of the molecule is CCCn1c(=O)[nH]c(=O)c2c3c(cnc21)C(=O)CC(c1ccc(OC)cc1)C3. The van der Waals surface area contributed by atoms with Crippen LogP contribution < -0.4 is 16.0 Å². The normalized spacial score (nSPS) is 16.2. The van der Waals surface area contributed by atoms with Crippen LogP contribution in [0, 0.1) is 0 Å². The number of pyridine rings is 1. The van der Waals surface area contributed by atoms with E-state index in [-0.39, 0.29) is 11.7 Å². The van der Waals surface area contributed by atoms with Crippen LogP contribution in [0.4, 0.5) is 0 Å². The lowest BCUT2D eigenvalue weighted by molar-refractivity contribution is 0.0964. The van der Waals surface area contributed by atoms with E-state index in [0.717, 1.165) is 17.7 Å². The molecule has 2 aromatic heterocycles. The molecule has 7 heteroatoms. The highest BCUT2D eigenvalue weighted by Crippen LogP contribution is 2.35. The molecule has 144 valence electrons. The van der Waals surface area contributed by atoms with Crippen LogP contribution in [0.15, 0.2) is 40.1 Å². The largest absolute Gasteiger partial charge is 0.497 e. The topological polar surface area (TPSA) is 94.0 Å². The molecule has 7 nitrogen and oxygen atoms in total. The Morgan fingerprint density at radius 1 is 1.18 bits per heavy atom. The quantitative estimate of drug-likeness (QED) is 0.751. The van der Waals surface area contributed by atoms with Gasteiger partial charge in [-0.05, 0) is 42.0 Å². The first kappa shape index (κ1) is 18.2. The third kappa shape index (κ3) is 2.93. The Bertz CT molecular complexity index is 1180. The maximum atomic E-state index is 12.8. The zero-order chi connectivity index (χ0) is 19.8. The molecule has 1 N–H and O–H groups in total. The first-order valence-electron chi connectivity index (χ1n) is 9.35. The fraction of sp³-hybridized carbons (Fsp3) is 0.333. The number of aromatic nitrogens is 3. The Labute approximate surface area is 161 Å². The molecule has 0 saturated heterocycles. The van der Waals surface area contributed by atoms with Gasteiger partial charge in [-0.25, -0.2) is 9.78 Å². The molecule has 0 saturated carbocycles. The predicted molar refractivity (Wildman–Crippen MR) is 105 cm³/mol. The highest BCUT2D eigenvalue weighted by Gasteiger charge is 2.29. The number of aryl methyl sites for hydroxylation is 1. The molecule has 3 aromatic rings. The summed E-state index contributed by atoms with van der Waals surface area (Å²) in [4.78, 5) is 44.3. The molecule has 1 aromatic carbocycles. The van der Waals surface area contributed by atoms with Crippen molar-refractivity contribution >= 4 is 16.8 Å². The van der Waals surface area contributed by atoms with Crippen molar-refractivity contribution in [2.24, 2.45) is 0 Å². The highest BCUT2D eigenvalue weighted by atomic mass is 16.5. The van der Waals surface area contributed by atoms with Gasteiger partial charge in [0, 0.05) is 24.7 Å². The minimum Gasteiger partial charge on any atom is -0.497 e. The van der Waals surface area contributed by atoms with Crippen LogP contribution >= 0.6 is 0 Å². The number of carbonyl (C=O) groups is 1. The Balaban J connectivity index is 1.88. The number of aromatic amines is 1. The molecule has 0 aliphatic heterocycles. The molecule has 0 radical (unpaired) electrons. The summed E-state index contributed by atoms with van der Waals surface area (Å²) in [5, 5.41) is 0.345. The van der Waals surface area contributed by atoms with Gasteiger partial charge in [0.2, 0.25) is 0 Å². The second-order valence-corrected chi connectivity index (χ2v) is 7.06. The van der Waals surface area contributed by atoms with Crippen molar-refractivity contribution in [1.82, 2.24) is 14.5 Å². The molecule has 0 spiro atoms. The summed E-state index contributed by atoms with van der Waals surface area (Å²) in [5.74, 6) is 0.674. The van der Waals surface area contributed by atoms with Crippen molar-refractivity contribution in [3.05, 3.63) is 68.0 Å². The molecule has 0 bridgehead atoms. The van der Waals surface area contributed by atoms with Gasteiger partial charge in [-0.2, -0.15) is 0 Å². The number of fused-ring (bicyclic) bond motifs is 3. The lowest BCUT2D eigenvalue weighted by atomic mass is 9.79. The van der Waals surface area contributed by atoms with E-state index >= 15 is 0 Å². The number of ketones is 1. The van der Waals surface area contributed by atoms with Gasteiger partial charge in [-0.15, -0.1) is 0 Å². The van der Waals surface area contributed by atoms with Crippen molar-refractivity contribution < 1.29 is 9.53 Å². The average molecular weight is 379 g/mol. The smallest absolute Gasteiger partial charge is 0.329 e. The number of carbonyl (C=O) groups excluding carboxylic acids is 1. The summed E-state index contributed by atoms with van der Waals surface area (Å²) < 4.78 is 6.67. The number of rotatable bonds is 4. The van der Waals surface area contributed by atoms with Crippen LogP contribution in [-0.4, -0.2) is 27.4 Å². The number of nitrogens with one attached hydrogen (secondary N) is 1. The molecule has 0 fully saturated rings. The summed E-state index contributed by atoms with van der Waals surface area (Å²) in [6.45, 7) is 2.40. The Morgan fingerprint density at radius 3 is 2.61 bits per heavy atom. The number of H-pyrrole nitrogens is 1. The van der Waals surface area contributed by atoms with Gasteiger partial charge in [0.05, 0.1) is 12.5 Å². The van der Waals surface area contributed by atoms with E-state index in [4.69, 9.17) is 4.74 Å². The number of ether oxygens (including phenoxy) is 1. The summed E-state index contributed by atoms with van der Waals surface area (Å²) >= 11 is 0. The van der Waals surface area contributed by atoms with E-state index in [1.54, 1.807) is 7.11 Å². The minimum absolute atomic E-state index is 0.0379. The number of hydrogen-bond donors (Lipinski definition) is 1. The molecule has 1 aliphatic rings. The number of nitrogens with zero attached hydrogens (tertiary/aromatic N) is 2. The predicted octanol–water partition coefficient (Wildman–Crippen LogP) is 2.42. The highest BCUT2D eigenvalue weighted by molar-refractivity contribution is 6.02. The summed E-state index contributed by atoms with van der Waals surface area (Å²) in [6.07, 6.45) is 3.14. The van der Waals surface area contributed by atoms with Gasteiger partial charge in [0.1, 0.15) is 11.4 Å². The van der Waals surface area contributed by atoms with Crippen LogP contribution in [-0.2, 0) is 13.0 Å². The third-order valence-electron chi connectivity index (χ3n) is 5.33. The van der Waals surface area contributed by atoms with E-state index in [0.29, 0.717) is 41.5 Å². The summed E-state index contributed by atoms with van der Waals surface area (Å²) in [7, 11) is 1.61. The molecular formula is C21H21N3O4. The molecule has 2 heterocycles. The van der Waals surface area contributed by atoms with Crippen LogP contribution in [0.2, 0.25) is 0 Å². The maximum Gasteiger partial charge on any atom is 0.329 e.